The Morgan fingerprint density at radius 2 is 1.74 bits per heavy atom. The largest absolute Gasteiger partial charge is 0.490 e. The molecule has 8 nitrogen and oxygen atoms in total. The van der Waals surface area contributed by atoms with E-state index in [1.807, 2.05) is 54.6 Å². The second kappa shape index (κ2) is 10.2. The summed E-state index contributed by atoms with van der Waals surface area (Å²) in [5.41, 5.74) is 3.42. The number of benzene rings is 3. The van der Waals surface area contributed by atoms with Gasteiger partial charge in [0.25, 0.3) is 0 Å². The molecular weight excluding hydrogens is 450 g/mol. The molecule has 2 heterocycles. The van der Waals surface area contributed by atoms with Crippen molar-refractivity contribution in [3.8, 4) is 17.2 Å². The van der Waals surface area contributed by atoms with Crippen LogP contribution in [-0.2, 0) is 11.2 Å². The summed E-state index contributed by atoms with van der Waals surface area (Å²) in [4.78, 5) is 0. The smallest absolute Gasteiger partial charge is 0.142 e. The molecule has 1 saturated heterocycles. The van der Waals surface area contributed by atoms with Gasteiger partial charge in [-0.15, -0.1) is 0 Å². The van der Waals surface area contributed by atoms with Gasteiger partial charge in [0.1, 0.15) is 54.4 Å². The van der Waals surface area contributed by atoms with Crippen molar-refractivity contribution in [3.05, 3.63) is 83.4 Å². The molecule has 184 valence electrons. The van der Waals surface area contributed by atoms with Crippen molar-refractivity contribution in [2.45, 2.75) is 36.9 Å². The first-order valence-corrected chi connectivity index (χ1v) is 11.7. The quantitative estimate of drug-likeness (QED) is 0.366. The second-order valence-electron chi connectivity index (χ2n) is 8.81. The highest BCUT2D eigenvalue weighted by Crippen LogP contribution is 2.37. The third-order valence-corrected chi connectivity index (χ3v) is 6.39. The van der Waals surface area contributed by atoms with Gasteiger partial charge in [0.05, 0.1) is 12.3 Å². The lowest BCUT2D eigenvalue weighted by Crippen LogP contribution is -2.55. The van der Waals surface area contributed by atoms with Crippen LogP contribution in [0.2, 0.25) is 0 Å². The Labute approximate surface area is 203 Å². The van der Waals surface area contributed by atoms with Crippen LogP contribution in [0.4, 0.5) is 5.69 Å². The van der Waals surface area contributed by atoms with Crippen LogP contribution in [0.15, 0.2) is 66.7 Å². The van der Waals surface area contributed by atoms with Gasteiger partial charge in [-0.05, 0) is 53.1 Å². The maximum atomic E-state index is 10.6. The van der Waals surface area contributed by atoms with Gasteiger partial charge in [0, 0.05) is 13.0 Å². The third kappa shape index (κ3) is 4.98. The lowest BCUT2D eigenvalue weighted by Gasteiger charge is -2.40. The van der Waals surface area contributed by atoms with Crippen LogP contribution in [0.3, 0.4) is 0 Å². The van der Waals surface area contributed by atoms with Crippen LogP contribution in [0.25, 0.3) is 0 Å². The molecule has 0 radical (unpaired) electrons. The van der Waals surface area contributed by atoms with Crippen molar-refractivity contribution in [1.82, 2.24) is 0 Å². The Hall–Kier alpha value is -3.14. The van der Waals surface area contributed by atoms with Crippen molar-refractivity contribution in [2.75, 3.05) is 25.1 Å². The van der Waals surface area contributed by atoms with E-state index in [0.717, 1.165) is 29.1 Å². The number of hydrogen-bond acceptors (Lipinski definition) is 8. The van der Waals surface area contributed by atoms with E-state index < -0.39 is 37.1 Å². The number of fused-ring (bicyclic) bond motifs is 1. The van der Waals surface area contributed by atoms with E-state index in [9.17, 15) is 20.4 Å². The van der Waals surface area contributed by atoms with Crippen molar-refractivity contribution in [1.29, 1.82) is 0 Å². The summed E-state index contributed by atoms with van der Waals surface area (Å²) in [6.45, 7) is 0.891. The molecular formula is C27H29NO7. The number of aliphatic hydroxyl groups is 4. The minimum atomic E-state index is -1.44. The Morgan fingerprint density at radius 1 is 0.914 bits per heavy atom. The molecule has 0 bridgehead atoms. The number of rotatable bonds is 6. The first kappa shape index (κ1) is 23.6. The van der Waals surface area contributed by atoms with Crippen LogP contribution in [0.5, 0.6) is 17.2 Å². The van der Waals surface area contributed by atoms with E-state index in [0.29, 0.717) is 30.1 Å². The van der Waals surface area contributed by atoms with Gasteiger partial charge in [0.15, 0.2) is 0 Å². The Bertz CT molecular complexity index is 1150. The third-order valence-electron chi connectivity index (χ3n) is 6.39. The molecule has 5 rings (SSSR count). The fourth-order valence-corrected chi connectivity index (χ4v) is 4.52. The van der Waals surface area contributed by atoms with Crippen molar-refractivity contribution < 1.29 is 34.6 Å². The normalized spacial score (nSPS) is 25.8. The lowest BCUT2D eigenvalue weighted by atomic mass is 9.90. The minimum absolute atomic E-state index is 0.478. The van der Waals surface area contributed by atoms with Gasteiger partial charge in [-0.3, -0.25) is 0 Å². The van der Waals surface area contributed by atoms with Crippen LogP contribution in [0, 0.1) is 0 Å². The fraction of sp³-hybridized carbons (Fsp3) is 0.333. The highest BCUT2D eigenvalue weighted by molar-refractivity contribution is 5.60. The monoisotopic (exact) mass is 479 g/mol. The van der Waals surface area contributed by atoms with Crippen LogP contribution in [-0.4, -0.2) is 64.6 Å². The Morgan fingerprint density at radius 3 is 2.54 bits per heavy atom. The second-order valence-corrected chi connectivity index (χ2v) is 8.81. The predicted molar refractivity (Wildman–Crippen MR) is 129 cm³/mol. The first-order valence-electron chi connectivity index (χ1n) is 11.7. The average Bonchev–Trinajstić information content (AvgIpc) is 2.89. The molecule has 5 atom stereocenters. The zero-order chi connectivity index (χ0) is 24.4. The van der Waals surface area contributed by atoms with E-state index in [2.05, 4.69) is 5.32 Å². The molecule has 5 N–H and O–H groups in total. The van der Waals surface area contributed by atoms with Gasteiger partial charge < -0.3 is 40.0 Å². The van der Waals surface area contributed by atoms with Crippen molar-refractivity contribution >= 4 is 5.69 Å². The lowest BCUT2D eigenvalue weighted by molar-refractivity contribution is -0.231. The van der Waals surface area contributed by atoms with Crippen molar-refractivity contribution in [3.63, 3.8) is 0 Å². The van der Waals surface area contributed by atoms with Gasteiger partial charge >= 0.3 is 0 Å². The van der Waals surface area contributed by atoms with E-state index >= 15 is 0 Å². The highest BCUT2D eigenvalue weighted by Gasteiger charge is 2.44. The summed E-state index contributed by atoms with van der Waals surface area (Å²) in [5.74, 6) is 2.15. The van der Waals surface area contributed by atoms with Crippen LogP contribution in [0.1, 0.15) is 22.8 Å². The van der Waals surface area contributed by atoms with E-state index in [1.54, 1.807) is 12.1 Å². The summed E-state index contributed by atoms with van der Waals surface area (Å²) in [6.07, 6.45) is -5.57. The molecule has 0 amide bonds. The summed E-state index contributed by atoms with van der Waals surface area (Å²) < 4.78 is 17.6. The van der Waals surface area contributed by atoms with Gasteiger partial charge in [0.2, 0.25) is 0 Å². The van der Waals surface area contributed by atoms with Crippen LogP contribution >= 0.6 is 0 Å². The number of ether oxygens (including phenoxy) is 3. The number of nitrogens with one attached hydrogen (secondary N) is 1. The SMILES string of the molecule is OC[C@H]1O[C@@H](c2ccc(Oc3ccccc3)c(Cc3ccc4c(c3)NCCO4)c2)[C@H](O)[C@@H](O)[C@@H]1O. The van der Waals surface area contributed by atoms with Crippen molar-refractivity contribution in [2.24, 2.45) is 0 Å². The first-order chi connectivity index (χ1) is 17.0. The topological polar surface area (TPSA) is 121 Å². The van der Waals surface area contributed by atoms with E-state index in [4.69, 9.17) is 14.2 Å². The van der Waals surface area contributed by atoms with Gasteiger partial charge in [-0.2, -0.15) is 0 Å². The molecule has 0 aliphatic carbocycles. The molecule has 2 aliphatic rings. The maximum absolute atomic E-state index is 10.6. The molecule has 0 spiro atoms. The molecule has 3 aromatic rings. The fourth-order valence-electron chi connectivity index (χ4n) is 4.52. The number of anilines is 1. The highest BCUT2D eigenvalue weighted by atomic mass is 16.5. The molecule has 0 aromatic heterocycles. The standard InChI is InChI=1S/C27H29NO7/c29-15-23-24(30)25(31)26(32)27(35-23)17-7-9-21(34-19-4-2-1-3-5-19)18(14-17)12-16-6-8-22-20(13-16)28-10-11-33-22/h1-9,13-14,23-32H,10-12,15H2/t23-,24-,25+,26-,27+/m1/s1. The zero-order valence-corrected chi connectivity index (χ0v) is 19.1. The number of para-hydroxylation sites is 1. The summed E-state index contributed by atoms with van der Waals surface area (Å²) >= 11 is 0. The molecule has 2 aliphatic heterocycles. The van der Waals surface area contributed by atoms with E-state index in [-0.39, 0.29) is 0 Å². The maximum Gasteiger partial charge on any atom is 0.142 e. The predicted octanol–water partition coefficient (Wildman–Crippen LogP) is 2.39. The Balaban J connectivity index is 1.49. The van der Waals surface area contributed by atoms with Gasteiger partial charge in [-0.1, -0.05) is 30.3 Å². The summed E-state index contributed by atoms with van der Waals surface area (Å²) in [7, 11) is 0. The zero-order valence-electron chi connectivity index (χ0n) is 19.1. The van der Waals surface area contributed by atoms with Gasteiger partial charge in [-0.25, -0.2) is 0 Å². The van der Waals surface area contributed by atoms with Crippen LogP contribution < -0.4 is 14.8 Å². The average molecular weight is 480 g/mol. The Kier molecular flexibility index (Phi) is 6.90. The molecule has 8 heteroatoms. The number of hydrogen-bond donors (Lipinski definition) is 5. The molecule has 35 heavy (non-hydrogen) atoms. The number of aliphatic hydroxyl groups excluding tert-OH is 4. The summed E-state index contributed by atoms with van der Waals surface area (Å²) in [5, 5.41) is 43.9. The molecule has 0 unspecified atom stereocenters. The molecule has 1 fully saturated rings. The van der Waals surface area contributed by atoms with E-state index in [1.165, 1.54) is 0 Å². The molecule has 0 saturated carbocycles. The molecule has 3 aromatic carbocycles. The summed E-state index contributed by atoms with van der Waals surface area (Å²) in [6, 6.07) is 20.9. The minimum Gasteiger partial charge on any atom is -0.490 e.